The van der Waals surface area contributed by atoms with Gasteiger partial charge in [0.2, 0.25) is 0 Å². The van der Waals surface area contributed by atoms with E-state index in [0.717, 1.165) is 30.9 Å². The minimum absolute atomic E-state index is 0.0170. The lowest BCUT2D eigenvalue weighted by atomic mass is 9.78. The van der Waals surface area contributed by atoms with Gasteiger partial charge in [-0.15, -0.1) is 0 Å². The summed E-state index contributed by atoms with van der Waals surface area (Å²) in [5.74, 6) is -1.09. The SMILES string of the molecule is CC(=Cc1ccc(F)cc1F)CNC[C@H]1N[C@H]2CCCC[C@H]2C1C(=O)OC(C)(C)C. The van der Waals surface area contributed by atoms with Crippen LogP contribution in [0.5, 0.6) is 0 Å². The van der Waals surface area contributed by atoms with E-state index in [9.17, 15) is 13.6 Å². The molecule has 1 saturated carbocycles. The van der Waals surface area contributed by atoms with Gasteiger partial charge in [0.05, 0.1) is 5.92 Å². The van der Waals surface area contributed by atoms with Crippen LogP contribution in [0, 0.1) is 23.5 Å². The second-order valence-corrected chi connectivity index (χ2v) is 9.67. The third-order valence-corrected chi connectivity index (χ3v) is 5.95. The molecule has 30 heavy (non-hydrogen) atoms. The number of carbonyl (C=O) groups excluding carboxylic acids is 1. The zero-order chi connectivity index (χ0) is 21.9. The maximum atomic E-state index is 13.9. The minimum atomic E-state index is -0.581. The summed E-state index contributed by atoms with van der Waals surface area (Å²) in [5, 5.41) is 7.06. The van der Waals surface area contributed by atoms with Crippen molar-refractivity contribution in [1.29, 1.82) is 0 Å². The van der Waals surface area contributed by atoms with Crippen molar-refractivity contribution in [3.8, 4) is 0 Å². The van der Waals surface area contributed by atoms with E-state index in [2.05, 4.69) is 10.6 Å². The number of ether oxygens (including phenoxy) is 1. The largest absolute Gasteiger partial charge is 0.460 e. The molecule has 2 aliphatic rings. The van der Waals surface area contributed by atoms with Crippen LogP contribution in [0.4, 0.5) is 8.78 Å². The molecule has 3 rings (SSSR count). The Labute approximate surface area is 178 Å². The van der Waals surface area contributed by atoms with Gasteiger partial charge in [-0.3, -0.25) is 4.79 Å². The van der Waals surface area contributed by atoms with Crippen LogP contribution in [0.15, 0.2) is 23.8 Å². The number of fused-ring (bicyclic) bond motifs is 1. The Morgan fingerprint density at radius 3 is 2.70 bits per heavy atom. The van der Waals surface area contributed by atoms with Crippen molar-refractivity contribution in [1.82, 2.24) is 10.6 Å². The summed E-state index contributed by atoms with van der Waals surface area (Å²) in [4.78, 5) is 13.0. The molecule has 0 amide bonds. The predicted octanol–water partition coefficient (Wildman–Crippen LogP) is 4.45. The van der Waals surface area contributed by atoms with Crippen molar-refractivity contribution >= 4 is 12.0 Å². The highest BCUT2D eigenvalue weighted by molar-refractivity contribution is 5.75. The number of rotatable bonds is 6. The molecular weight excluding hydrogens is 386 g/mol. The Bertz CT molecular complexity index is 788. The first-order valence-corrected chi connectivity index (χ1v) is 11.0. The number of benzene rings is 1. The van der Waals surface area contributed by atoms with Gasteiger partial charge in [0.15, 0.2) is 0 Å². The monoisotopic (exact) mass is 420 g/mol. The third-order valence-electron chi connectivity index (χ3n) is 5.95. The Kier molecular flexibility index (Phi) is 7.30. The quantitative estimate of drug-likeness (QED) is 0.668. The average molecular weight is 421 g/mol. The Morgan fingerprint density at radius 2 is 2.00 bits per heavy atom. The van der Waals surface area contributed by atoms with Gasteiger partial charge in [-0.2, -0.15) is 0 Å². The first-order chi connectivity index (χ1) is 14.1. The minimum Gasteiger partial charge on any atom is -0.460 e. The molecule has 1 aromatic carbocycles. The van der Waals surface area contributed by atoms with Crippen molar-refractivity contribution in [2.24, 2.45) is 11.8 Å². The van der Waals surface area contributed by atoms with E-state index in [-0.39, 0.29) is 17.9 Å². The fourth-order valence-electron chi connectivity index (χ4n) is 4.73. The van der Waals surface area contributed by atoms with E-state index in [1.807, 2.05) is 27.7 Å². The van der Waals surface area contributed by atoms with Crippen LogP contribution in [0.25, 0.3) is 6.08 Å². The number of halogens is 2. The van der Waals surface area contributed by atoms with Gasteiger partial charge in [0, 0.05) is 36.8 Å². The van der Waals surface area contributed by atoms with Crippen LogP contribution in [0.1, 0.15) is 58.9 Å². The van der Waals surface area contributed by atoms with Gasteiger partial charge in [-0.25, -0.2) is 8.78 Å². The molecule has 0 spiro atoms. The lowest BCUT2D eigenvalue weighted by Gasteiger charge is -2.30. The standard InChI is InChI=1S/C24H34F2N2O2/c1-15(11-16-9-10-17(25)12-19(16)26)13-27-14-21-22(23(29)30-24(2,3)4)18-7-5-6-8-20(18)28-21/h9-12,18,20-22,27-28H,5-8,13-14H2,1-4H3/t18-,20+,21-,22?/m1/s1. The van der Waals surface area contributed by atoms with Crippen LogP contribution in [0.2, 0.25) is 0 Å². The molecular formula is C24H34F2N2O2. The van der Waals surface area contributed by atoms with E-state index < -0.39 is 17.2 Å². The van der Waals surface area contributed by atoms with Gasteiger partial charge in [-0.05, 0) is 58.6 Å². The lowest BCUT2D eigenvalue weighted by molar-refractivity contribution is -0.162. The van der Waals surface area contributed by atoms with Crippen LogP contribution < -0.4 is 10.6 Å². The fraction of sp³-hybridized carbons (Fsp3) is 0.625. The van der Waals surface area contributed by atoms with Crippen molar-refractivity contribution in [2.45, 2.75) is 71.1 Å². The first kappa shape index (κ1) is 22.9. The number of carbonyl (C=O) groups is 1. The lowest BCUT2D eigenvalue weighted by Crippen LogP contribution is -2.44. The van der Waals surface area contributed by atoms with E-state index in [1.165, 1.54) is 18.6 Å². The first-order valence-electron chi connectivity index (χ1n) is 11.0. The van der Waals surface area contributed by atoms with Crippen molar-refractivity contribution in [2.75, 3.05) is 13.1 Å². The predicted molar refractivity (Wildman–Crippen MR) is 115 cm³/mol. The molecule has 1 aromatic rings. The van der Waals surface area contributed by atoms with Gasteiger partial charge in [0.1, 0.15) is 17.2 Å². The highest BCUT2D eigenvalue weighted by atomic mass is 19.1. The molecule has 1 heterocycles. The molecule has 1 aliphatic carbocycles. The van der Waals surface area contributed by atoms with Crippen molar-refractivity contribution in [3.63, 3.8) is 0 Å². The van der Waals surface area contributed by atoms with Crippen molar-refractivity contribution in [3.05, 3.63) is 41.0 Å². The smallest absolute Gasteiger partial charge is 0.311 e. The Hall–Kier alpha value is -1.79. The molecule has 4 nitrogen and oxygen atoms in total. The molecule has 4 atom stereocenters. The maximum Gasteiger partial charge on any atom is 0.311 e. The van der Waals surface area contributed by atoms with Crippen LogP contribution >= 0.6 is 0 Å². The van der Waals surface area contributed by atoms with Gasteiger partial charge in [0.25, 0.3) is 0 Å². The summed E-state index contributed by atoms with van der Waals surface area (Å²) >= 11 is 0. The highest BCUT2D eigenvalue weighted by Gasteiger charge is 2.48. The number of hydrogen-bond acceptors (Lipinski definition) is 4. The number of nitrogens with one attached hydrogen (secondary N) is 2. The molecule has 0 aromatic heterocycles. The van der Waals surface area contributed by atoms with Gasteiger partial charge < -0.3 is 15.4 Å². The number of esters is 1. The van der Waals surface area contributed by atoms with Gasteiger partial charge >= 0.3 is 5.97 Å². The summed E-state index contributed by atoms with van der Waals surface area (Å²) < 4.78 is 32.7. The number of hydrogen-bond donors (Lipinski definition) is 2. The Morgan fingerprint density at radius 1 is 1.27 bits per heavy atom. The van der Waals surface area contributed by atoms with Crippen LogP contribution in [-0.2, 0) is 9.53 Å². The fourth-order valence-corrected chi connectivity index (χ4v) is 4.73. The highest BCUT2D eigenvalue weighted by Crippen LogP contribution is 2.39. The molecule has 1 aliphatic heterocycles. The van der Waals surface area contributed by atoms with E-state index in [0.29, 0.717) is 30.6 Å². The average Bonchev–Trinajstić information content (AvgIpc) is 3.01. The van der Waals surface area contributed by atoms with E-state index in [4.69, 9.17) is 4.74 Å². The van der Waals surface area contributed by atoms with E-state index >= 15 is 0 Å². The third kappa shape index (κ3) is 5.88. The molecule has 6 heteroatoms. The summed E-state index contributed by atoms with van der Waals surface area (Å²) in [6.45, 7) is 8.81. The maximum absolute atomic E-state index is 13.9. The van der Waals surface area contributed by atoms with Crippen LogP contribution in [-0.4, -0.2) is 36.7 Å². The van der Waals surface area contributed by atoms with Gasteiger partial charge in [-0.1, -0.05) is 24.5 Å². The normalized spacial score (nSPS) is 27.1. The molecule has 1 unspecified atom stereocenters. The molecule has 0 bridgehead atoms. The van der Waals surface area contributed by atoms with Crippen molar-refractivity contribution < 1.29 is 18.3 Å². The summed E-state index contributed by atoms with van der Waals surface area (Å²) in [7, 11) is 0. The second kappa shape index (κ2) is 9.56. The van der Waals surface area contributed by atoms with E-state index in [1.54, 1.807) is 6.08 Å². The summed E-state index contributed by atoms with van der Waals surface area (Å²) in [5.41, 5.74) is 0.803. The summed E-state index contributed by atoms with van der Waals surface area (Å²) in [6.07, 6.45) is 6.23. The molecule has 2 fully saturated rings. The second-order valence-electron chi connectivity index (χ2n) is 9.67. The Balaban J connectivity index is 1.62. The summed E-state index contributed by atoms with van der Waals surface area (Å²) in [6, 6.07) is 3.97. The molecule has 1 saturated heterocycles. The topological polar surface area (TPSA) is 50.4 Å². The zero-order valence-electron chi connectivity index (χ0n) is 18.4. The molecule has 0 radical (unpaired) electrons. The zero-order valence-corrected chi connectivity index (χ0v) is 18.4. The van der Waals surface area contributed by atoms with Crippen LogP contribution in [0.3, 0.4) is 0 Å². The molecule has 2 N–H and O–H groups in total. The molecule has 166 valence electrons.